The Morgan fingerprint density at radius 3 is 2.14 bits per heavy atom. The molecule has 2 aromatic rings. The van der Waals surface area contributed by atoms with Gasteiger partial charge in [-0.15, -0.1) is 0 Å². The molecule has 1 aliphatic carbocycles. The van der Waals surface area contributed by atoms with Crippen LogP contribution in [0.1, 0.15) is 42.2 Å². The molecule has 0 heterocycles. The van der Waals surface area contributed by atoms with Gasteiger partial charge in [0, 0.05) is 40.9 Å². The maximum Gasteiger partial charge on any atom is 0.251 e. The maximum absolute atomic E-state index is 12.5. The average molecular weight is 294 g/mol. The Morgan fingerprint density at radius 1 is 0.909 bits per heavy atom. The second kappa shape index (κ2) is 5.54. The summed E-state index contributed by atoms with van der Waals surface area (Å²) in [6.45, 7) is 0.688. The Kier molecular flexibility index (Phi) is 3.56. The lowest BCUT2D eigenvalue weighted by Gasteiger charge is -2.17. The average Bonchev–Trinajstić information content (AvgIpc) is 2.57. The highest BCUT2D eigenvalue weighted by molar-refractivity contribution is 6.28. The van der Waals surface area contributed by atoms with Crippen molar-refractivity contribution in [1.82, 2.24) is 5.32 Å². The summed E-state index contributed by atoms with van der Waals surface area (Å²) in [5.74, 6) is -0.745. The van der Waals surface area contributed by atoms with Crippen molar-refractivity contribution >= 4 is 17.5 Å². The van der Waals surface area contributed by atoms with E-state index in [1.807, 2.05) is 0 Å². The molecule has 0 unspecified atom stereocenters. The SMILES string of the molecule is NCCNC(=O)c1ccc2c(c1)C(=O)c1ccccc1C2=O. The van der Waals surface area contributed by atoms with Crippen LogP contribution in [0.25, 0.3) is 0 Å². The monoisotopic (exact) mass is 294 g/mol. The van der Waals surface area contributed by atoms with Crippen LogP contribution in [0.15, 0.2) is 42.5 Å². The molecule has 0 atom stereocenters. The number of amides is 1. The molecule has 5 nitrogen and oxygen atoms in total. The summed E-state index contributed by atoms with van der Waals surface area (Å²) < 4.78 is 0. The molecule has 2 aromatic carbocycles. The zero-order valence-corrected chi connectivity index (χ0v) is 11.8. The second-order valence-electron chi connectivity index (χ2n) is 5.01. The van der Waals surface area contributed by atoms with Crippen molar-refractivity contribution in [2.75, 3.05) is 13.1 Å². The molecule has 0 saturated carbocycles. The first-order valence-electron chi connectivity index (χ1n) is 6.94. The lowest BCUT2D eigenvalue weighted by molar-refractivity contribution is 0.0952. The first-order chi connectivity index (χ1) is 10.6. The molecule has 0 saturated heterocycles. The van der Waals surface area contributed by atoms with Crippen molar-refractivity contribution in [1.29, 1.82) is 0 Å². The van der Waals surface area contributed by atoms with E-state index in [0.717, 1.165) is 0 Å². The van der Waals surface area contributed by atoms with E-state index in [-0.39, 0.29) is 23.0 Å². The van der Waals surface area contributed by atoms with Crippen LogP contribution in [0.3, 0.4) is 0 Å². The number of nitrogens with one attached hydrogen (secondary N) is 1. The summed E-state index contributed by atoms with van der Waals surface area (Å²) in [4.78, 5) is 36.9. The molecule has 0 radical (unpaired) electrons. The molecule has 0 spiro atoms. The van der Waals surface area contributed by atoms with Crippen LogP contribution in [-0.2, 0) is 0 Å². The minimum Gasteiger partial charge on any atom is -0.351 e. The van der Waals surface area contributed by atoms with Crippen LogP contribution in [0, 0.1) is 0 Å². The largest absolute Gasteiger partial charge is 0.351 e. The second-order valence-corrected chi connectivity index (χ2v) is 5.01. The van der Waals surface area contributed by atoms with Gasteiger partial charge in [-0.3, -0.25) is 14.4 Å². The molecule has 0 aliphatic heterocycles. The van der Waals surface area contributed by atoms with Crippen molar-refractivity contribution in [3.63, 3.8) is 0 Å². The molecule has 0 fully saturated rings. The summed E-state index contributed by atoms with van der Waals surface area (Å²) >= 11 is 0. The summed E-state index contributed by atoms with van der Waals surface area (Å²) in [5.41, 5.74) is 7.06. The number of fused-ring (bicyclic) bond motifs is 2. The predicted octanol–water partition coefficient (Wildman–Crippen LogP) is 1.15. The Labute approximate surface area is 127 Å². The number of benzene rings is 2. The van der Waals surface area contributed by atoms with Gasteiger partial charge in [-0.2, -0.15) is 0 Å². The third-order valence-electron chi connectivity index (χ3n) is 3.62. The highest BCUT2D eigenvalue weighted by Crippen LogP contribution is 2.27. The molecule has 1 amide bonds. The summed E-state index contributed by atoms with van der Waals surface area (Å²) in [6.07, 6.45) is 0. The smallest absolute Gasteiger partial charge is 0.251 e. The van der Waals surface area contributed by atoms with Gasteiger partial charge < -0.3 is 11.1 Å². The highest BCUT2D eigenvalue weighted by atomic mass is 16.2. The van der Waals surface area contributed by atoms with Crippen molar-refractivity contribution < 1.29 is 14.4 Å². The fourth-order valence-electron chi connectivity index (χ4n) is 2.53. The van der Waals surface area contributed by atoms with Crippen molar-refractivity contribution in [3.8, 4) is 0 Å². The summed E-state index contributed by atoms with van der Waals surface area (Å²) in [5, 5.41) is 2.64. The van der Waals surface area contributed by atoms with Gasteiger partial charge in [-0.25, -0.2) is 0 Å². The van der Waals surface area contributed by atoms with Crippen LogP contribution in [0.4, 0.5) is 0 Å². The molecular formula is C17H14N2O3. The third kappa shape index (κ3) is 2.21. The van der Waals surface area contributed by atoms with Crippen LogP contribution >= 0.6 is 0 Å². The van der Waals surface area contributed by atoms with E-state index >= 15 is 0 Å². The first-order valence-corrected chi connectivity index (χ1v) is 6.94. The van der Waals surface area contributed by atoms with Crippen LogP contribution in [0.5, 0.6) is 0 Å². The molecule has 3 N–H and O–H groups in total. The van der Waals surface area contributed by atoms with E-state index in [2.05, 4.69) is 5.32 Å². The molecule has 0 bridgehead atoms. The quantitative estimate of drug-likeness (QED) is 0.758. The van der Waals surface area contributed by atoms with Crippen molar-refractivity contribution in [3.05, 3.63) is 70.3 Å². The van der Waals surface area contributed by atoms with Crippen LogP contribution < -0.4 is 11.1 Å². The minimum absolute atomic E-state index is 0.195. The van der Waals surface area contributed by atoms with Gasteiger partial charge in [-0.05, 0) is 18.2 Å². The standard InChI is InChI=1S/C17H14N2O3/c18-7-8-19-17(22)10-5-6-13-14(9-10)16(21)12-4-2-1-3-11(12)15(13)20/h1-6,9H,7-8,18H2,(H,19,22). The fourth-order valence-corrected chi connectivity index (χ4v) is 2.53. The summed E-state index contributed by atoms with van der Waals surface area (Å²) in [7, 11) is 0. The van der Waals surface area contributed by atoms with Gasteiger partial charge in [0.2, 0.25) is 0 Å². The molecule has 110 valence electrons. The number of rotatable bonds is 3. The number of nitrogens with two attached hydrogens (primary N) is 1. The van der Waals surface area contributed by atoms with Crippen LogP contribution in [-0.4, -0.2) is 30.6 Å². The topological polar surface area (TPSA) is 89.3 Å². The van der Waals surface area contributed by atoms with Gasteiger partial charge in [0.1, 0.15) is 0 Å². The molecule has 5 heteroatoms. The summed E-state index contributed by atoms with van der Waals surface area (Å²) in [6, 6.07) is 11.3. The highest BCUT2D eigenvalue weighted by Gasteiger charge is 2.29. The minimum atomic E-state index is -0.313. The normalized spacial score (nSPS) is 12.6. The zero-order chi connectivity index (χ0) is 15.7. The van der Waals surface area contributed by atoms with E-state index in [1.54, 1.807) is 30.3 Å². The Balaban J connectivity index is 2.04. The van der Waals surface area contributed by atoms with Gasteiger partial charge in [0.25, 0.3) is 5.91 Å². The third-order valence-corrected chi connectivity index (χ3v) is 3.62. The van der Waals surface area contributed by atoms with E-state index in [9.17, 15) is 14.4 Å². The Hall–Kier alpha value is -2.79. The number of hydrogen-bond acceptors (Lipinski definition) is 4. The predicted molar refractivity (Wildman–Crippen MR) is 81.1 cm³/mol. The molecular weight excluding hydrogens is 280 g/mol. The molecule has 0 aromatic heterocycles. The molecule has 22 heavy (non-hydrogen) atoms. The van der Waals surface area contributed by atoms with Crippen LogP contribution in [0.2, 0.25) is 0 Å². The zero-order valence-electron chi connectivity index (χ0n) is 11.8. The number of hydrogen-bond donors (Lipinski definition) is 2. The fraction of sp³-hybridized carbons (Fsp3) is 0.118. The van der Waals surface area contributed by atoms with E-state index in [4.69, 9.17) is 5.73 Å². The van der Waals surface area contributed by atoms with E-state index in [1.165, 1.54) is 12.1 Å². The van der Waals surface area contributed by atoms with Gasteiger partial charge in [0.15, 0.2) is 11.6 Å². The van der Waals surface area contributed by atoms with E-state index < -0.39 is 0 Å². The number of carbonyl (C=O) groups is 3. The molecule has 3 rings (SSSR count). The first kappa shape index (κ1) is 14.2. The van der Waals surface area contributed by atoms with Crippen molar-refractivity contribution in [2.45, 2.75) is 0 Å². The van der Waals surface area contributed by atoms with E-state index in [0.29, 0.717) is 35.3 Å². The van der Waals surface area contributed by atoms with Gasteiger partial charge in [-0.1, -0.05) is 24.3 Å². The lowest BCUT2D eigenvalue weighted by atomic mass is 9.83. The van der Waals surface area contributed by atoms with Crippen molar-refractivity contribution in [2.24, 2.45) is 5.73 Å². The Bertz CT molecular complexity index is 796. The maximum atomic E-state index is 12.5. The molecule has 1 aliphatic rings. The lowest BCUT2D eigenvalue weighted by Crippen LogP contribution is -2.29. The number of ketones is 2. The Morgan fingerprint density at radius 2 is 1.50 bits per heavy atom. The van der Waals surface area contributed by atoms with Gasteiger partial charge >= 0.3 is 0 Å². The van der Waals surface area contributed by atoms with Gasteiger partial charge in [0.05, 0.1) is 0 Å². The number of carbonyl (C=O) groups excluding carboxylic acids is 3.